The predicted molar refractivity (Wildman–Crippen MR) is 82.2 cm³/mol. The minimum absolute atomic E-state index is 0.0893. The molecular weight excluding hydrogens is 236 g/mol. The van der Waals surface area contributed by atoms with Crippen molar-refractivity contribution in [2.24, 2.45) is 22.2 Å². The Kier molecular flexibility index (Phi) is 5.85. The van der Waals surface area contributed by atoms with Crippen LogP contribution in [0.15, 0.2) is 12.2 Å². The molecule has 0 saturated heterocycles. The number of hydrogen-bond donors (Lipinski definition) is 1. The normalized spacial score (nSPS) is 15.8. The van der Waals surface area contributed by atoms with E-state index in [4.69, 9.17) is 0 Å². The molecule has 1 atom stereocenters. The third-order valence-corrected chi connectivity index (χ3v) is 3.29. The Labute approximate surface area is 119 Å². The summed E-state index contributed by atoms with van der Waals surface area (Å²) in [5.41, 5.74) is -0.441. The zero-order chi connectivity index (χ0) is 15.5. The first-order valence-electron chi connectivity index (χ1n) is 7.18. The molecule has 0 aromatic heterocycles. The summed E-state index contributed by atoms with van der Waals surface area (Å²) in [6, 6.07) is 0. The van der Waals surface area contributed by atoms with Gasteiger partial charge < -0.3 is 5.11 Å². The highest BCUT2D eigenvalue weighted by atomic mass is 16.4. The number of rotatable bonds is 6. The number of carbonyl (C=O) groups is 1. The van der Waals surface area contributed by atoms with Gasteiger partial charge in [-0.15, -0.1) is 0 Å². The lowest BCUT2D eigenvalue weighted by Crippen LogP contribution is -2.29. The number of carboxylic acid groups (broad SMARTS) is 1. The van der Waals surface area contributed by atoms with Gasteiger partial charge in [0, 0.05) is 0 Å². The molecule has 0 aliphatic rings. The predicted octanol–water partition coefficient (Wildman–Crippen LogP) is 5.14. The standard InChI is InChI=1S/C17H32O2/c1-13(11-15(2,3)4)9-10-16(5,6)12-17(7,8)14(18)19/h9-10,13H,11-12H2,1-8H3,(H,18,19)/b10-9-. The number of aliphatic carboxylic acids is 1. The molecule has 19 heavy (non-hydrogen) atoms. The van der Waals surface area contributed by atoms with Crippen LogP contribution in [0.1, 0.15) is 68.2 Å². The fraction of sp³-hybridized carbons (Fsp3) is 0.824. The minimum atomic E-state index is -0.725. The Morgan fingerprint density at radius 2 is 1.58 bits per heavy atom. The van der Waals surface area contributed by atoms with E-state index >= 15 is 0 Å². The van der Waals surface area contributed by atoms with Crippen LogP contribution >= 0.6 is 0 Å². The van der Waals surface area contributed by atoms with Crippen LogP contribution in [-0.2, 0) is 4.79 Å². The maximum atomic E-state index is 11.2. The van der Waals surface area contributed by atoms with Crippen molar-refractivity contribution in [1.82, 2.24) is 0 Å². The van der Waals surface area contributed by atoms with Crippen molar-refractivity contribution >= 4 is 5.97 Å². The van der Waals surface area contributed by atoms with Crippen molar-refractivity contribution in [2.75, 3.05) is 0 Å². The van der Waals surface area contributed by atoms with Gasteiger partial charge in [-0.05, 0) is 43.4 Å². The third-order valence-electron chi connectivity index (χ3n) is 3.29. The van der Waals surface area contributed by atoms with Crippen LogP contribution < -0.4 is 0 Å². The lowest BCUT2D eigenvalue weighted by Gasteiger charge is -2.30. The molecule has 0 saturated carbocycles. The SMILES string of the molecule is CC(/C=C\C(C)(C)CC(C)(C)C(=O)O)CC(C)(C)C. The fourth-order valence-electron chi connectivity index (χ4n) is 2.73. The van der Waals surface area contributed by atoms with Crippen LogP contribution in [0.2, 0.25) is 0 Å². The smallest absolute Gasteiger partial charge is 0.309 e. The molecule has 1 unspecified atom stereocenters. The summed E-state index contributed by atoms with van der Waals surface area (Å²) < 4.78 is 0. The molecule has 2 nitrogen and oxygen atoms in total. The maximum Gasteiger partial charge on any atom is 0.309 e. The molecule has 0 aliphatic carbocycles. The zero-order valence-electron chi connectivity index (χ0n) is 14.0. The molecule has 0 radical (unpaired) electrons. The fourth-order valence-corrected chi connectivity index (χ4v) is 2.73. The summed E-state index contributed by atoms with van der Waals surface area (Å²) in [7, 11) is 0. The van der Waals surface area contributed by atoms with Gasteiger partial charge in [-0.25, -0.2) is 0 Å². The van der Waals surface area contributed by atoms with Crippen LogP contribution in [0.25, 0.3) is 0 Å². The van der Waals surface area contributed by atoms with Crippen molar-refractivity contribution in [3.8, 4) is 0 Å². The molecule has 0 heterocycles. The number of carboxylic acids is 1. The first-order chi connectivity index (χ1) is 8.25. The highest BCUT2D eigenvalue weighted by molar-refractivity contribution is 5.73. The van der Waals surface area contributed by atoms with Crippen molar-refractivity contribution in [2.45, 2.75) is 68.2 Å². The molecule has 0 spiro atoms. The molecule has 0 aromatic carbocycles. The molecule has 0 amide bonds. The quantitative estimate of drug-likeness (QED) is 0.677. The Morgan fingerprint density at radius 1 is 1.11 bits per heavy atom. The van der Waals surface area contributed by atoms with E-state index in [9.17, 15) is 9.90 Å². The van der Waals surface area contributed by atoms with Gasteiger partial charge in [0.05, 0.1) is 5.41 Å². The Bertz CT molecular complexity index is 330. The van der Waals surface area contributed by atoms with E-state index < -0.39 is 11.4 Å². The van der Waals surface area contributed by atoms with Gasteiger partial charge in [0.1, 0.15) is 0 Å². The highest BCUT2D eigenvalue weighted by Crippen LogP contribution is 2.35. The van der Waals surface area contributed by atoms with Gasteiger partial charge in [0.15, 0.2) is 0 Å². The summed E-state index contributed by atoms with van der Waals surface area (Å²) >= 11 is 0. The first-order valence-corrected chi connectivity index (χ1v) is 7.18. The van der Waals surface area contributed by atoms with Gasteiger partial charge >= 0.3 is 5.97 Å². The summed E-state index contributed by atoms with van der Waals surface area (Å²) in [5, 5.41) is 9.21. The lowest BCUT2D eigenvalue weighted by atomic mass is 9.74. The van der Waals surface area contributed by atoms with Crippen LogP contribution in [0.4, 0.5) is 0 Å². The van der Waals surface area contributed by atoms with E-state index in [2.05, 4.69) is 53.7 Å². The van der Waals surface area contributed by atoms with Crippen molar-refractivity contribution < 1.29 is 9.90 Å². The summed E-state index contributed by atoms with van der Waals surface area (Å²) in [6.07, 6.45) is 6.22. The first kappa shape index (κ1) is 18.2. The van der Waals surface area contributed by atoms with Gasteiger partial charge in [0.25, 0.3) is 0 Å². The average molecular weight is 268 g/mol. The van der Waals surface area contributed by atoms with Crippen LogP contribution in [0.5, 0.6) is 0 Å². The van der Waals surface area contributed by atoms with Crippen molar-refractivity contribution in [3.63, 3.8) is 0 Å². The summed E-state index contributed by atoms with van der Waals surface area (Å²) in [5.74, 6) is -0.205. The van der Waals surface area contributed by atoms with E-state index in [0.717, 1.165) is 6.42 Å². The Balaban J connectivity index is 4.64. The number of hydrogen-bond acceptors (Lipinski definition) is 1. The van der Waals surface area contributed by atoms with Crippen LogP contribution in [0, 0.1) is 22.2 Å². The molecule has 0 fully saturated rings. The van der Waals surface area contributed by atoms with E-state index in [1.54, 1.807) is 13.8 Å². The maximum absolute atomic E-state index is 11.2. The Morgan fingerprint density at radius 3 is 1.95 bits per heavy atom. The van der Waals surface area contributed by atoms with Crippen LogP contribution in [0.3, 0.4) is 0 Å². The Hall–Kier alpha value is -0.790. The van der Waals surface area contributed by atoms with Crippen LogP contribution in [-0.4, -0.2) is 11.1 Å². The monoisotopic (exact) mass is 268 g/mol. The largest absolute Gasteiger partial charge is 0.481 e. The van der Waals surface area contributed by atoms with Gasteiger partial charge in [0.2, 0.25) is 0 Å². The minimum Gasteiger partial charge on any atom is -0.481 e. The third kappa shape index (κ3) is 8.07. The topological polar surface area (TPSA) is 37.3 Å². The summed E-state index contributed by atoms with van der Waals surface area (Å²) in [6.45, 7) is 16.8. The van der Waals surface area contributed by atoms with E-state index in [1.807, 2.05) is 0 Å². The second-order valence-electron chi connectivity index (χ2n) is 8.46. The molecule has 0 rings (SSSR count). The van der Waals surface area contributed by atoms with E-state index in [0.29, 0.717) is 17.8 Å². The second-order valence-corrected chi connectivity index (χ2v) is 8.46. The van der Waals surface area contributed by atoms with E-state index in [-0.39, 0.29) is 5.41 Å². The molecule has 2 heteroatoms. The lowest BCUT2D eigenvalue weighted by molar-refractivity contribution is -0.148. The molecular formula is C17H32O2. The van der Waals surface area contributed by atoms with Crippen molar-refractivity contribution in [3.05, 3.63) is 12.2 Å². The highest BCUT2D eigenvalue weighted by Gasteiger charge is 2.33. The second kappa shape index (κ2) is 6.11. The molecule has 0 bridgehead atoms. The van der Waals surface area contributed by atoms with Gasteiger partial charge in [-0.1, -0.05) is 53.7 Å². The zero-order valence-corrected chi connectivity index (χ0v) is 14.0. The summed E-state index contributed by atoms with van der Waals surface area (Å²) in [4.78, 5) is 11.2. The van der Waals surface area contributed by atoms with Crippen molar-refractivity contribution in [1.29, 1.82) is 0 Å². The molecule has 0 aromatic rings. The molecule has 1 N–H and O–H groups in total. The van der Waals surface area contributed by atoms with Gasteiger partial charge in [-0.3, -0.25) is 4.79 Å². The molecule has 0 aliphatic heterocycles. The number of allylic oxidation sites excluding steroid dienone is 2. The van der Waals surface area contributed by atoms with Gasteiger partial charge in [-0.2, -0.15) is 0 Å². The van der Waals surface area contributed by atoms with E-state index in [1.165, 1.54) is 0 Å². The average Bonchev–Trinajstić information content (AvgIpc) is 2.10. The molecule has 112 valence electrons.